The first-order valence-corrected chi connectivity index (χ1v) is 8.71. The molecule has 1 aliphatic rings. The molecule has 0 radical (unpaired) electrons. The van der Waals surface area contributed by atoms with E-state index in [1.807, 2.05) is 24.3 Å². The Hall–Kier alpha value is -3.13. The Morgan fingerprint density at radius 3 is 2.70 bits per heavy atom. The molecule has 0 saturated carbocycles. The number of para-hydroxylation sites is 1. The van der Waals surface area contributed by atoms with Crippen molar-refractivity contribution in [1.29, 1.82) is 0 Å². The van der Waals surface area contributed by atoms with E-state index in [0.29, 0.717) is 10.0 Å². The summed E-state index contributed by atoms with van der Waals surface area (Å²) in [6, 6.07) is 12.4. The molecule has 27 heavy (non-hydrogen) atoms. The fourth-order valence-corrected chi connectivity index (χ4v) is 3.50. The van der Waals surface area contributed by atoms with E-state index in [1.165, 1.54) is 12.1 Å². The third kappa shape index (κ3) is 3.56. The summed E-state index contributed by atoms with van der Waals surface area (Å²) in [6.07, 6.45) is -0.975. The summed E-state index contributed by atoms with van der Waals surface area (Å²) in [5, 5.41) is 13.2. The number of benzene rings is 2. The summed E-state index contributed by atoms with van der Waals surface area (Å²) < 4.78 is 38.5. The van der Waals surface area contributed by atoms with Gasteiger partial charge in [-0.05, 0) is 30.3 Å². The van der Waals surface area contributed by atoms with Crippen molar-refractivity contribution < 1.29 is 18.3 Å². The van der Waals surface area contributed by atoms with Crippen LogP contribution in [0, 0.1) is 0 Å². The number of halogens is 3. The molecule has 136 valence electrons. The molecule has 4 nitrogen and oxygen atoms in total. The first-order chi connectivity index (χ1) is 12.9. The summed E-state index contributed by atoms with van der Waals surface area (Å²) in [6.45, 7) is 0. The van der Waals surface area contributed by atoms with Crippen molar-refractivity contribution in [3.05, 3.63) is 64.5 Å². The molecule has 1 aromatic heterocycles. The van der Waals surface area contributed by atoms with E-state index in [0.717, 1.165) is 40.3 Å². The highest BCUT2D eigenvalue weighted by Crippen LogP contribution is 2.37. The monoisotopic (exact) mass is 387 g/mol. The third-order valence-corrected chi connectivity index (χ3v) is 4.83. The van der Waals surface area contributed by atoms with Crippen LogP contribution in [0.15, 0.2) is 53.5 Å². The fraction of sp³-hybridized carbons (Fsp3) is 0.0526. The van der Waals surface area contributed by atoms with Crippen LogP contribution in [-0.2, 0) is 6.18 Å². The van der Waals surface area contributed by atoms with Gasteiger partial charge in [0.25, 0.3) is 0 Å². The largest absolute Gasteiger partial charge is 0.492 e. The van der Waals surface area contributed by atoms with E-state index >= 15 is 0 Å². The van der Waals surface area contributed by atoms with Gasteiger partial charge in [0.15, 0.2) is 5.13 Å². The number of hydrogen-bond donors (Lipinski definition) is 2. The zero-order valence-corrected chi connectivity index (χ0v) is 14.5. The van der Waals surface area contributed by atoms with Crippen molar-refractivity contribution in [2.24, 2.45) is 4.99 Å². The van der Waals surface area contributed by atoms with Gasteiger partial charge in [0, 0.05) is 23.0 Å². The van der Waals surface area contributed by atoms with Crippen molar-refractivity contribution in [1.82, 2.24) is 4.98 Å². The molecule has 0 saturated heterocycles. The number of aromatic hydroxyl groups is 1. The van der Waals surface area contributed by atoms with E-state index in [1.54, 1.807) is 12.3 Å². The molecule has 3 aromatic rings. The molecule has 1 aliphatic heterocycles. The van der Waals surface area contributed by atoms with Crippen LogP contribution >= 0.6 is 11.3 Å². The standard InChI is InChI=1S/C19H12F3N3OS/c20-19(21,22)12-4-3-5-13(9-12)24-18-25-17(26)16(27-18)8-11-10-23-15-7-2-1-6-14(11)15/h1-10,26H,(H,24,25). The molecule has 2 heterocycles. The predicted octanol–water partition coefficient (Wildman–Crippen LogP) is 5.87. The average Bonchev–Trinajstić information content (AvgIpc) is 3.19. The molecule has 2 N–H and O–H groups in total. The molecule has 0 bridgehead atoms. The lowest BCUT2D eigenvalue weighted by Gasteiger charge is -2.08. The Morgan fingerprint density at radius 1 is 1.07 bits per heavy atom. The molecule has 8 heteroatoms. The highest BCUT2D eigenvalue weighted by Gasteiger charge is 2.30. The van der Waals surface area contributed by atoms with Gasteiger partial charge >= 0.3 is 6.18 Å². The van der Waals surface area contributed by atoms with Gasteiger partial charge in [0.05, 0.1) is 16.1 Å². The Kier molecular flexibility index (Phi) is 4.19. The SMILES string of the molecule is Oc1nc(Nc2cccc(C(F)(F)F)c2)sc1C=C1C=Nc2ccccc21. The topological polar surface area (TPSA) is 57.5 Å². The van der Waals surface area contributed by atoms with Crippen LogP contribution in [0.2, 0.25) is 0 Å². The van der Waals surface area contributed by atoms with E-state index in [2.05, 4.69) is 15.3 Å². The minimum absolute atomic E-state index is 0.195. The summed E-state index contributed by atoms with van der Waals surface area (Å²) in [7, 11) is 0. The normalized spacial score (nSPS) is 14.6. The quantitative estimate of drug-likeness (QED) is 0.591. The summed E-state index contributed by atoms with van der Waals surface area (Å²) in [5.74, 6) is -0.195. The van der Waals surface area contributed by atoms with Crippen molar-refractivity contribution in [2.75, 3.05) is 5.32 Å². The molecular weight excluding hydrogens is 375 g/mol. The number of rotatable bonds is 3. The number of hydrogen-bond acceptors (Lipinski definition) is 5. The smallest absolute Gasteiger partial charge is 0.416 e. The molecule has 4 rings (SSSR count). The number of nitrogens with zero attached hydrogens (tertiary/aromatic N) is 2. The van der Waals surface area contributed by atoms with Crippen LogP contribution in [0.25, 0.3) is 11.6 Å². The number of thiazole rings is 1. The second-order valence-corrected chi connectivity index (χ2v) is 6.82. The molecular formula is C19H12F3N3OS. The predicted molar refractivity (Wildman–Crippen MR) is 101 cm³/mol. The van der Waals surface area contributed by atoms with Crippen molar-refractivity contribution in [3.63, 3.8) is 0 Å². The van der Waals surface area contributed by atoms with Crippen molar-refractivity contribution in [2.45, 2.75) is 6.18 Å². The first-order valence-electron chi connectivity index (χ1n) is 7.89. The summed E-state index contributed by atoms with van der Waals surface area (Å²) in [4.78, 5) is 8.78. The Bertz CT molecular complexity index is 1070. The van der Waals surface area contributed by atoms with E-state index in [4.69, 9.17) is 0 Å². The number of allylic oxidation sites excluding steroid dienone is 1. The number of aliphatic imine (C=N–C) groups is 1. The second kappa shape index (κ2) is 6.55. The average molecular weight is 387 g/mol. The Balaban J connectivity index is 1.60. The van der Waals surface area contributed by atoms with Crippen LogP contribution in [0.1, 0.15) is 16.0 Å². The van der Waals surface area contributed by atoms with Gasteiger partial charge in [-0.1, -0.05) is 35.6 Å². The Morgan fingerprint density at radius 2 is 1.89 bits per heavy atom. The number of fused-ring (bicyclic) bond motifs is 1. The lowest BCUT2D eigenvalue weighted by atomic mass is 10.1. The summed E-state index contributed by atoms with van der Waals surface area (Å²) in [5.41, 5.74) is 2.10. The highest BCUT2D eigenvalue weighted by atomic mass is 32.1. The van der Waals surface area contributed by atoms with Crippen molar-refractivity contribution >= 4 is 45.7 Å². The summed E-state index contributed by atoms with van der Waals surface area (Å²) >= 11 is 1.14. The van der Waals surface area contributed by atoms with Gasteiger partial charge in [-0.2, -0.15) is 18.2 Å². The van der Waals surface area contributed by atoms with Gasteiger partial charge in [-0.3, -0.25) is 4.99 Å². The first kappa shape index (κ1) is 17.3. The molecule has 0 fully saturated rings. The second-order valence-electron chi connectivity index (χ2n) is 5.79. The van der Waals surface area contributed by atoms with Crippen LogP contribution < -0.4 is 5.32 Å². The van der Waals surface area contributed by atoms with Crippen molar-refractivity contribution in [3.8, 4) is 5.88 Å². The van der Waals surface area contributed by atoms with Crippen LogP contribution in [0.4, 0.5) is 29.7 Å². The molecule has 0 unspecified atom stereocenters. The van der Waals surface area contributed by atoms with Gasteiger partial charge in [-0.15, -0.1) is 0 Å². The molecule has 0 spiro atoms. The van der Waals surface area contributed by atoms with Gasteiger partial charge < -0.3 is 10.4 Å². The zero-order valence-electron chi connectivity index (χ0n) is 13.7. The lowest BCUT2D eigenvalue weighted by molar-refractivity contribution is -0.137. The zero-order chi connectivity index (χ0) is 19.0. The van der Waals surface area contributed by atoms with E-state index < -0.39 is 11.7 Å². The molecule has 0 atom stereocenters. The fourth-order valence-electron chi connectivity index (χ4n) is 2.66. The maximum atomic E-state index is 12.8. The van der Waals surface area contributed by atoms with Crippen LogP contribution in [0.5, 0.6) is 5.88 Å². The minimum Gasteiger partial charge on any atom is -0.492 e. The van der Waals surface area contributed by atoms with Gasteiger partial charge in [0.1, 0.15) is 0 Å². The molecule has 2 aromatic carbocycles. The van der Waals surface area contributed by atoms with Gasteiger partial charge in [-0.25, -0.2) is 0 Å². The number of nitrogens with one attached hydrogen (secondary N) is 1. The highest BCUT2D eigenvalue weighted by molar-refractivity contribution is 7.16. The number of alkyl halides is 3. The van der Waals surface area contributed by atoms with Gasteiger partial charge in [0.2, 0.25) is 5.88 Å². The van der Waals surface area contributed by atoms with Crippen LogP contribution in [-0.4, -0.2) is 16.3 Å². The van der Waals surface area contributed by atoms with Crippen LogP contribution in [0.3, 0.4) is 0 Å². The third-order valence-electron chi connectivity index (χ3n) is 3.92. The van der Waals surface area contributed by atoms with E-state index in [-0.39, 0.29) is 11.6 Å². The molecule has 0 amide bonds. The lowest BCUT2D eigenvalue weighted by Crippen LogP contribution is -2.05. The maximum absolute atomic E-state index is 12.8. The number of anilines is 2. The Labute approximate surface area is 156 Å². The van der Waals surface area contributed by atoms with E-state index in [9.17, 15) is 18.3 Å². The molecule has 0 aliphatic carbocycles. The number of aromatic nitrogens is 1. The minimum atomic E-state index is -4.42. The maximum Gasteiger partial charge on any atom is 0.416 e.